The number of amides is 3. The van der Waals surface area contributed by atoms with Gasteiger partial charge in [0.2, 0.25) is 0 Å². The lowest BCUT2D eigenvalue weighted by atomic mass is 9.95. The van der Waals surface area contributed by atoms with Gasteiger partial charge in [0.05, 0.1) is 6.54 Å². The molecule has 3 amide bonds. The summed E-state index contributed by atoms with van der Waals surface area (Å²) in [7, 11) is 0. The number of aryl methyl sites for hydroxylation is 1. The van der Waals surface area contributed by atoms with Gasteiger partial charge >= 0.3 is 6.03 Å². The molecule has 2 atom stereocenters. The predicted octanol–water partition coefficient (Wildman–Crippen LogP) is 2.49. The highest BCUT2D eigenvalue weighted by atomic mass is 16.5. The zero-order valence-corrected chi connectivity index (χ0v) is 15.2. The van der Waals surface area contributed by atoms with Crippen LogP contribution in [0.4, 0.5) is 4.79 Å². The van der Waals surface area contributed by atoms with Crippen LogP contribution in [-0.2, 0) is 11.2 Å². The topological polar surface area (TPSA) is 78.9 Å². The lowest BCUT2D eigenvalue weighted by Gasteiger charge is -2.22. The molecule has 138 valence electrons. The third kappa shape index (κ3) is 4.72. The van der Waals surface area contributed by atoms with Crippen LogP contribution in [0, 0.1) is 0 Å². The Balaban J connectivity index is 1.87. The zero-order chi connectivity index (χ0) is 18.4. The van der Waals surface area contributed by atoms with E-state index in [9.17, 15) is 14.7 Å². The van der Waals surface area contributed by atoms with E-state index in [1.807, 2.05) is 31.2 Å². The Morgan fingerprint density at radius 2 is 1.92 bits per heavy atom. The zero-order valence-electron chi connectivity index (χ0n) is 15.2. The summed E-state index contributed by atoms with van der Waals surface area (Å²) in [6.45, 7) is 5.80. The molecular formula is C19H28N2O4. The van der Waals surface area contributed by atoms with E-state index in [1.165, 1.54) is 5.56 Å². The molecule has 6 heteroatoms. The number of carbonyl (C=O) groups is 2. The van der Waals surface area contributed by atoms with Crippen molar-refractivity contribution in [1.29, 1.82) is 0 Å². The van der Waals surface area contributed by atoms with Crippen LogP contribution >= 0.6 is 0 Å². The number of aliphatic hydroxyl groups excluding tert-OH is 1. The van der Waals surface area contributed by atoms with Gasteiger partial charge in [0.1, 0.15) is 24.0 Å². The molecule has 1 aromatic carbocycles. The number of rotatable bonds is 9. The van der Waals surface area contributed by atoms with E-state index < -0.39 is 17.7 Å². The first kappa shape index (κ1) is 19.2. The minimum absolute atomic E-state index is 0.0220. The fourth-order valence-corrected chi connectivity index (χ4v) is 2.89. The SMILES string of the molecule is CCCCC1(C)NC(=O)N(CC(O)COc2ccc(CC)cc2)C1=O. The molecule has 2 N–H and O–H groups in total. The molecule has 1 saturated heterocycles. The monoisotopic (exact) mass is 348 g/mol. The number of benzene rings is 1. The van der Waals surface area contributed by atoms with Crippen LogP contribution in [-0.4, -0.2) is 46.7 Å². The molecule has 0 aliphatic carbocycles. The number of nitrogens with zero attached hydrogens (tertiary/aromatic N) is 1. The maximum absolute atomic E-state index is 12.5. The number of hydrogen-bond acceptors (Lipinski definition) is 4. The Labute approximate surface area is 149 Å². The fourth-order valence-electron chi connectivity index (χ4n) is 2.89. The summed E-state index contributed by atoms with van der Waals surface area (Å²) in [5.41, 5.74) is 0.336. The van der Waals surface area contributed by atoms with Crippen molar-refractivity contribution in [2.24, 2.45) is 0 Å². The molecule has 1 aliphatic rings. The number of β-amino-alcohol motifs (C(OH)–C–C–N with tert-alkyl or cyclic N) is 1. The van der Waals surface area contributed by atoms with Crippen molar-refractivity contribution in [2.45, 2.75) is 58.1 Å². The highest BCUT2D eigenvalue weighted by Crippen LogP contribution is 2.23. The quantitative estimate of drug-likeness (QED) is 0.672. The van der Waals surface area contributed by atoms with Gasteiger partial charge in [0.25, 0.3) is 5.91 Å². The number of hydrogen-bond donors (Lipinski definition) is 2. The summed E-state index contributed by atoms with van der Waals surface area (Å²) in [6, 6.07) is 7.19. The van der Waals surface area contributed by atoms with E-state index in [4.69, 9.17) is 4.74 Å². The van der Waals surface area contributed by atoms with Crippen LogP contribution in [0.5, 0.6) is 5.75 Å². The largest absolute Gasteiger partial charge is 0.491 e. The van der Waals surface area contributed by atoms with Crippen molar-refractivity contribution < 1.29 is 19.4 Å². The highest BCUT2D eigenvalue weighted by molar-refractivity contribution is 6.06. The van der Waals surface area contributed by atoms with Gasteiger partial charge in [-0.3, -0.25) is 9.69 Å². The van der Waals surface area contributed by atoms with Crippen molar-refractivity contribution in [3.63, 3.8) is 0 Å². The van der Waals surface area contributed by atoms with Crippen molar-refractivity contribution in [1.82, 2.24) is 10.2 Å². The average Bonchev–Trinajstić information content (AvgIpc) is 2.82. The van der Waals surface area contributed by atoms with Crippen molar-refractivity contribution in [2.75, 3.05) is 13.2 Å². The summed E-state index contributed by atoms with van der Waals surface area (Å²) in [5.74, 6) is 0.374. The van der Waals surface area contributed by atoms with E-state index in [-0.39, 0.29) is 19.1 Å². The molecule has 0 spiro atoms. The molecule has 1 heterocycles. The average molecular weight is 348 g/mol. The Morgan fingerprint density at radius 3 is 2.52 bits per heavy atom. The lowest BCUT2D eigenvalue weighted by Crippen LogP contribution is -2.44. The lowest BCUT2D eigenvalue weighted by molar-refractivity contribution is -0.132. The van der Waals surface area contributed by atoms with E-state index in [1.54, 1.807) is 6.92 Å². The number of carbonyl (C=O) groups excluding carboxylic acids is 2. The molecule has 0 bridgehead atoms. The molecule has 0 aromatic heterocycles. The maximum atomic E-state index is 12.5. The van der Waals surface area contributed by atoms with Gasteiger partial charge in [-0.25, -0.2) is 4.79 Å². The molecule has 1 fully saturated rings. The van der Waals surface area contributed by atoms with Gasteiger partial charge in [0, 0.05) is 0 Å². The van der Waals surface area contributed by atoms with Crippen LogP contribution < -0.4 is 10.1 Å². The van der Waals surface area contributed by atoms with Crippen molar-refractivity contribution in [3.8, 4) is 5.75 Å². The molecule has 2 unspecified atom stereocenters. The second-order valence-corrected chi connectivity index (χ2v) is 6.74. The summed E-state index contributed by atoms with van der Waals surface area (Å²) in [6.07, 6.45) is 2.42. The highest BCUT2D eigenvalue weighted by Gasteiger charge is 2.47. The van der Waals surface area contributed by atoms with Crippen LogP contribution in [0.2, 0.25) is 0 Å². The number of urea groups is 1. The molecular weight excluding hydrogens is 320 g/mol. The van der Waals surface area contributed by atoms with Crippen LogP contribution in [0.3, 0.4) is 0 Å². The molecule has 1 aliphatic heterocycles. The third-order valence-electron chi connectivity index (χ3n) is 4.54. The Kier molecular flexibility index (Phi) is 6.42. The molecule has 0 saturated carbocycles. The summed E-state index contributed by atoms with van der Waals surface area (Å²) in [5, 5.41) is 12.9. The van der Waals surface area contributed by atoms with Gasteiger partial charge in [0.15, 0.2) is 0 Å². The summed E-state index contributed by atoms with van der Waals surface area (Å²) < 4.78 is 5.55. The molecule has 6 nitrogen and oxygen atoms in total. The first-order valence-electron chi connectivity index (χ1n) is 8.93. The van der Waals surface area contributed by atoms with E-state index >= 15 is 0 Å². The Hall–Kier alpha value is -2.08. The maximum Gasteiger partial charge on any atom is 0.325 e. The molecule has 2 rings (SSSR count). The number of nitrogens with one attached hydrogen (secondary N) is 1. The molecule has 25 heavy (non-hydrogen) atoms. The van der Waals surface area contributed by atoms with Gasteiger partial charge in [-0.05, 0) is 37.5 Å². The van der Waals surface area contributed by atoms with Gasteiger partial charge in [-0.15, -0.1) is 0 Å². The number of aliphatic hydroxyl groups is 1. The second-order valence-electron chi connectivity index (χ2n) is 6.74. The van der Waals surface area contributed by atoms with E-state index in [0.29, 0.717) is 12.2 Å². The predicted molar refractivity (Wildman–Crippen MR) is 95.5 cm³/mol. The van der Waals surface area contributed by atoms with Crippen LogP contribution in [0.1, 0.15) is 45.6 Å². The van der Waals surface area contributed by atoms with Gasteiger partial charge in [-0.2, -0.15) is 0 Å². The summed E-state index contributed by atoms with van der Waals surface area (Å²) in [4.78, 5) is 25.7. The molecule has 0 radical (unpaired) electrons. The normalized spacial score (nSPS) is 21.4. The minimum Gasteiger partial charge on any atom is -0.491 e. The van der Waals surface area contributed by atoms with Crippen molar-refractivity contribution >= 4 is 11.9 Å². The smallest absolute Gasteiger partial charge is 0.325 e. The van der Waals surface area contributed by atoms with Crippen LogP contribution in [0.25, 0.3) is 0 Å². The first-order chi connectivity index (χ1) is 11.9. The first-order valence-corrected chi connectivity index (χ1v) is 8.93. The number of ether oxygens (including phenoxy) is 1. The van der Waals surface area contributed by atoms with Gasteiger partial charge < -0.3 is 15.2 Å². The van der Waals surface area contributed by atoms with Crippen LogP contribution in [0.15, 0.2) is 24.3 Å². The molecule has 1 aromatic rings. The number of imide groups is 1. The Bertz CT molecular complexity index is 602. The third-order valence-corrected chi connectivity index (χ3v) is 4.54. The second kappa shape index (κ2) is 8.34. The van der Waals surface area contributed by atoms with Gasteiger partial charge in [-0.1, -0.05) is 38.8 Å². The van der Waals surface area contributed by atoms with E-state index in [2.05, 4.69) is 12.2 Å². The van der Waals surface area contributed by atoms with Crippen molar-refractivity contribution in [3.05, 3.63) is 29.8 Å². The fraction of sp³-hybridized carbons (Fsp3) is 0.579. The minimum atomic E-state index is -0.936. The Morgan fingerprint density at radius 1 is 1.24 bits per heavy atom. The van der Waals surface area contributed by atoms with E-state index in [0.717, 1.165) is 24.2 Å². The number of unbranched alkanes of at least 4 members (excludes halogenated alkanes) is 1. The summed E-state index contributed by atoms with van der Waals surface area (Å²) >= 11 is 0. The standard InChI is InChI=1S/C19H28N2O4/c1-4-6-11-19(3)17(23)21(18(24)20-19)12-15(22)13-25-16-9-7-14(5-2)8-10-16/h7-10,15,22H,4-6,11-13H2,1-3H3,(H,20,24).